The van der Waals surface area contributed by atoms with Crippen LogP contribution in [0.3, 0.4) is 0 Å². The van der Waals surface area contributed by atoms with Gasteiger partial charge in [0.25, 0.3) is 0 Å². The fraction of sp³-hybridized carbons (Fsp3) is 1.00. The first-order valence-electron chi connectivity index (χ1n) is 0. The summed E-state index contributed by atoms with van der Waals surface area (Å²) >= 11 is 0. The molecule has 0 heterocycles. The van der Waals surface area contributed by atoms with Crippen LogP contribution in [0.25, 0.3) is 0 Å². The van der Waals surface area contributed by atoms with Crippen LogP contribution in [0.5, 0.6) is 0 Å². The van der Waals surface area contributed by atoms with Crippen molar-refractivity contribution < 1.29 is 46.7 Å². The summed E-state index contributed by atoms with van der Waals surface area (Å²) in [5, 5.41) is 0. The zero-order chi connectivity index (χ0) is 0. The molecular weight excluding hydrogens is 296 g/mol. The maximum absolute atomic E-state index is 0. The lowest BCUT2D eigenvalue weighted by Crippen LogP contribution is -0.290. The van der Waals surface area contributed by atoms with Crippen LogP contribution in [0.1, 0.15) is 107 Å². The summed E-state index contributed by atoms with van der Waals surface area (Å²) in [6.07, 6.45) is 0. The van der Waals surface area contributed by atoms with Gasteiger partial charge >= 0.3 is 2.85 Å². The molecule has 12 N–H and O–H groups in total. The lowest BCUT2D eigenvalue weighted by molar-refractivity contribution is 0.823. The molecule has 8 nitrogen and oxygen atoms in total. The van der Waals surface area contributed by atoms with Gasteiger partial charge in [-0.15, -0.1) is 0 Å². The van der Waals surface area contributed by atoms with E-state index in [-0.39, 0.29) is 151 Å². The molecule has 22 heavy (non-hydrogen) atoms. The molecule has 0 bridgehead atoms. The Morgan fingerprint density at radius 1 is 0.182 bits per heavy atom. The van der Waals surface area contributed by atoms with E-state index in [0.717, 1.165) is 0 Å². The minimum atomic E-state index is 0. The predicted octanol–water partition coefficient (Wildman–Crippen LogP) is 5.12. The van der Waals surface area contributed by atoms with Gasteiger partial charge in [-0.3, -0.25) is 0 Å². The second kappa shape index (κ2) is 78200. The second-order valence-corrected chi connectivity index (χ2v) is 0. The van der Waals surface area contributed by atoms with Crippen LogP contribution in [0.4, 0.5) is 0 Å². The van der Waals surface area contributed by atoms with Crippen LogP contribution in [-0.2, 0) is 0 Å². The van der Waals surface area contributed by atoms with Gasteiger partial charge in [-0.2, -0.15) is 0 Å². The van der Waals surface area contributed by atoms with Gasteiger partial charge in [-0.1, -0.05) is 104 Å². The highest BCUT2D eigenvalue weighted by Crippen LogP contribution is 0.157. The third kappa shape index (κ3) is 67100. The van der Waals surface area contributed by atoms with Crippen LogP contribution in [0.2, 0.25) is 0 Å². The van der Waals surface area contributed by atoms with E-state index in [9.17, 15) is 0 Å². The van der Waals surface area contributed by atoms with E-state index in [4.69, 9.17) is 0 Å². The average molecular weight is 367 g/mol. The molecule has 0 aliphatic rings. The smallest absolute Gasteiger partial charge is 0.870 e. The Morgan fingerprint density at radius 3 is 0.182 bits per heavy atom. The van der Waals surface area contributed by atoms with Gasteiger partial charge in [-0.25, -0.2) is 0 Å². The molecule has 0 aliphatic heterocycles. The topological polar surface area (TPSA) is 246 Å². The molecule has 0 fully saturated rings. The predicted molar refractivity (Wildman–Crippen MR) is 119 cm³/mol. The summed E-state index contributed by atoms with van der Waals surface area (Å²) in [6.45, 7) is 0. The second-order valence-electron chi connectivity index (χ2n) is 0. The van der Waals surface area contributed by atoms with Gasteiger partial charge in [0, 0.05) is 0 Å². The Balaban J connectivity index is 0. The molecule has 0 radical (unpaired) electrons. The Kier molecular flexibility index (Phi) is 322000000. The maximum atomic E-state index is 0. The van der Waals surface area contributed by atoms with E-state index >= 15 is 0 Å². The van der Waals surface area contributed by atoms with Crippen molar-refractivity contribution in [1.82, 2.24) is 0 Å². The third-order valence-electron chi connectivity index (χ3n) is 0. The Bertz CT molecular complexity index is 30.7. The van der Waals surface area contributed by atoms with E-state index < -0.39 is 0 Å². The van der Waals surface area contributed by atoms with Crippen LogP contribution in [0.15, 0.2) is 0 Å². The standard InChI is InChI=1S/14CH4.8H2O/h14*1H4;8*1H2/p-2. The number of hydrogen-bond acceptors (Lipinski definition) is 4. The van der Waals surface area contributed by atoms with Crippen LogP contribution in [0, 0.1) is 0 Å². The van der Waals surface area contributed by atoms with Crippen LogP contribution >= 0.6 is 0 Å². The molecule has 0 aromatic heterocycles. The highest BCUT2D eigenvalue weighted by Gasteiger charge is -0.0643. The zero-order valence-corrected chi connectivity index (χ0v) is 3.79. The van der Waals surface area contributed by atoms with E-state index in [0.29, 0.717) is 0 Å². The molecule has 0 unspecified atom stereocenters. The van der Waals surface area contributed by atoms with Crippen molar-refractivity contribution >= 4 is 0 Å². The fourth-order valence-electron chi connectivity index (χ4n) is 0. The molecule has 0 saturated heterocycles. The van der Waals surface area contributed by atoms with Crippen LogP contribution < -0.4 is 0 Å². The molecule has 0 aromatic rings. The van der Waals surface area contributed by atoms with Gasteiger partial charge in [0.2, 0.25) is 0 Å². The Morgan fingerprint density at radius 2 is 0.182 bits per heavy atom. The first kappa shape index (κ1) is 90500. The highest BCUT2D eigenvalue weighted by atomic mass is 16.0. The van der Waals surface area contributed by atoms with Crippen molar-refractivity contribution in [3.05, 3.63) is 0 Å². The molecule has 0 aromatic carbocycles. The fourth-order valence-corrected chi connectivity index (χ4v) is 0. The van der Waals surface area contributed by atoms with Gasteiger partial charge in [0.15, 0.2) is 0 Å². The van der Waals surface area contributed by atoms with Crippen molar-refractivity contribution in [3.63, 3.8) is 0 Å². The Hall–Kier alpha value is -0.320. The number of hydrogen-bond donors (Lipinski definition) is 0. The molecule has 0 atom stereocenters. The lowest BCUT2D eigenvalue weighted by Gasteiger charge is -0.871. The minimum absolute atomic E-state index is 0. The van der Waals surface area contributed by atoms with Crippen molar-refractivity contribution in [2.24, 2.45) is 0 Å². The van der Waals surface area contributed by atoms with E-state index in [1.807, 2.05) is 0 Å². The molecule has 0 amide bonds. The van der Waals surface area contributed by atoms with Crippen molar-refractivity contribution in [2.75, 3.05) is 0 Å². The van der Waals surface area contributed by atoms with E-state index in [1.54, 1.807) is 0 Å². The summed E-state index contributed by atoms with van der Waals surface area (Å²) in [4.78, 5) is 0. The summed E-state index contributed by atoms with van der Waals surface area (Å²) in [5.41, 5.74) is 0. The molecule has 8 heteroatoms. The van der Waals surface area contributed by atoms with Gasteiger partial charge < -0.3 is 43.8 Å². The quantitative estimate of drug-likeness (QED) is 0.564. The lowest BCUT2D eigenvalue weighted by atomic mass is 12.0. The monoisotopic (exact) mass is 367 g/mol. The van der Waals surface area contributed by atoms with Gasteiger partial charge in [-0.05, 0) is 0 Å². The molecule has 176 valence electrons. The van der Waals surface area contributed by atoms with Crippen LogP contribution in [-0.4, -0.2) is 43.8 Å². The van der Waals surface area contributed by atoms with E-state index in [2.05, 4.69) is 0 Å². The summed E-state index contributed by atoms with van der Waals surface area (Å²) in [5.74, 6) is 0. The van der Waals surface area contributed by atoms with Gasteiger partial charge in [0.05, 0.1) is 0 Å². The third-order valence-corrected chi connectivity index (χ3v) is 0. The minimum Gasteiger partial charge on any atom is -0.870 e. The SMILES string of the molecule is C.C.C.C.C.C.C.C.C.C.C.C.C.C.O.O.O.O.[H+].[H+].[OH-].[OH-].[OH-].[OH-]. The van der Waals surface area contributed by atoms with E-state index in [1.165, 1.54) is 0 Å². The molecule has 0 aliphatic carbocycles. The summed E-state index contributed by atoms with van der Waals surface area (Å²) < 4.78 is 0. The van der Waals surface area contributed by atoms with Crippen molar-refractivity contribution in [1.29, 1.82) is 0 Å². The van der Waals surface area contributed by atoms with Crippen molar-refractivity contribution in [3.8, 4) is 0 Å². The Labute approximate surface area is 151 Å². The molecule has 0 spiro atoms. The zero-order valence-electron chi connectivity index (χ0n) is 5.79. The summed E-state index contributed by atoms with van der Waals surface area (Å²) in [6, 6.07) is 0. The largest absolute Gasteiger partial charge is 1.00 e. The average Bonchev–Trinajstić information content (AvgIpc) is 0. The van der Waals surface area contributed by atoms with Crippen molar-refractivity contribution in [2.45, 2.75) is 104 Å². The first-order chi connectivity index (χ1) is 0. The normalized spacial score (nSPS) is 0. The maximum Gasteiger partial charge on any atom is 1.00 e. The summed E-state index contributed by atoms with van der Waals surface area (Å²) in [7, 11) is 0. The highest BCUT2D eigenvalue weighted by molar-refractivity contribution is 2.52. The molecule has 0 rings (SSSR count). The number of rotatable bonds is 0. The first-order valence-corrected chi connectivity index (χ1v) is 0. The molecular formula is C14H70O8-2. The molecule has 0 saturated carbocycles. The van der Waals surface area contributed by atoms with Gasteiger partial charge in [0.1, 0.15) is 0 Å².